The summed E-state index contributed by atoms with van der Waals surface area (Å²) in [4.78, 5) is 2.45. The van der Waals surface area contributed by atoms with Gasteiger partial charge in [0.05, 0.1) is 24.9 Å². The Morgan fingerprint density at radius 3 is 2.96 bits per heavy atom. The van der Waals surface area contributed by atoms with E-state index in [9.17, 15) is 5.11 Å². The van der Waals surface area contributed by atoms with Gasteiger partial charge in [0.25, 0.3) is 0 Å². The third-order valence-electron chi connectivity index (χ3n) is 5.39. The van der Waals surface area contributed by atoms with Crippen LogP contribution in [0.2, 0.25) is 0 Å². The molecule has 1 aliphatic carbocycles. The molecule has 3 atom stereocenters. The Morgan fingerprint density at radius 2 is 2.22 bits per heavy atom. The van der Waals surface area contributed by atoms with Gasteiger partial charge in [-0.05, 0) is 43.4 Å². The highest BCUT2D eigenvalue weighted by atomic mass is 16.5. The van der Waals surface area contributed by atoms with E-state index in [2.05, 4.69) is 11.0 Å². The van der Waals surface area contributed by atoms with Gasteiger partial charge in [0.2, 0.25) is 0 Å². The van der Waals surface area contributed by atoms with Gasteiger partial charge in [-0.25, -0.2) is 0 Å². The van der Waals surface area contributed by atoms with Gasteiger partial charge in [-0.3, -0.25) is 4.90 Å². The third-order valence-corrected chi connectivity index (χ3v) is 5.39. The van der Waals surface area contributed by atoms with E-state index in [1.165, 1.54) is 0 Å². The minimum Gasteiger partial charge on any atom is -0.508 e. The molecule has 2 unspecified atom stereocenters. The highest BCUT2D eigenvalue weighted by Gasteiger charge is 2.51. The molecule has 0 radical (unpaired) electrons. The van der Waals surface area contributed by atoms with Crippen LogP contribution in [0, 0.1) is 0 Å². The molecule has 1 heterocycles. The summed E-state index contributed by atoms with van der Waals surface area (Å²) in [5.41, 5.74) is 1.05. The van der Waals surface area contributed by atoms with E-state index < -0.39 is 0 Å². The van der Waals surface area contributed by atoms with Crippen molar-refractivity contribution in [3.8, 4) is 5.75 Å². The van der Waals surface area contributed by atoms with Crippen LogP contribution in [-0.2, 0) is 16.0 Å². The normalized spacial score (nSPS) is 31.2. The molecule has 23 heavy (non-hydrogen) atoms. The van der Waals surface area contributed by atoms with Crippen molar-refractivity contribution in [1.29, 1.82) is 0 Å². The highest BCUT2D eigenvalue weighted by molar-refractivity contribution is 5.27. The molecule has 1 saturated heterocycles. The average Bonchev–Trinajstić information content (AvgIpc) is 2.92. The van der Waals surface area contributed by atoms with E-state index >= 15 is 0 Å². The Balaban J connectivity index is 1.71. The molecule has 0 bridgehead atoms. The first-order chi connectivity index (χ1) is 11.2. The molecule has 1 aromatic carbocycles. The number of aliphatic hydroxyl groups excluding tert-OH is 1. The average molecular weight is 321 g/mol. The molecule has 1 saturated carbocycles. The van der Waals surface area contributed by atoms with Crippen LogP contribution in [0.5, 0.6) is 5.75 Å². The van der Waals surface area contributed by atoms with Crippen LogP contribution in [0.3, 0.4) is 0 Å². The number of nitrogens with zero attached hydrogens (tertiary/aromatic N) is 1. The molecule has 5 heteroatoms. The first-order valence-electron chi connectivity index (χ1n) is 8.46. The maximum absolute atomic E-state index is 9.67. The molecule has 0 aromatic heterocycles. The summed E-state index contributed by atoms with van der Waals surface area (Å²) in [6.45, 7) is 2.30. The molecule has 0 spiro atoms. The molecule has 3 rings (SSSR count). The second-order valence-electron chi connectivity index (χ2n) is 6.67. The van der Waals surface area contributed by atoms with Crippen molar-refractivity contribution >= 4 is 0 Å². The first kappa shape index (κ1) is 16.7. The first-order valence-corrected chi connectivity index (χ1v) is 8.46. The van der Waals surface area contributed by atoms with Crippen LogP contribution in [0.1, 0.15) is 31.2 Å². The number of hydrogen-bond donors (Lipinski definition) is 2. The van der Waals surface area contributed by atoms with E-state index in [1.807, 2.05) is 19.2 Å². The van der Waals surface area contributed by atoms with Gasteiger partial charge in [-0.2, -0.15) is 0 Å². The van der Waals surface area contributed by atoms with Crippen LogP contribution in [0.25, 0.3) is 0 Å². The fourth-order valence-corrected chi connectivity index (χ4v) is 4.21. The van der Waals surface area contributed by atoms with Crippen molar-refractivity contribution in [2.24, 2.45) is 0 Å². The quantitative estimate of drug-likeness (QED) is 0.838. The summed E-state index contributed by atoms with van der Waals surface area (Å²) in [5.74, 6) is 0.313. The predicted octanol–water partition coefficient (Wildman–Crippen LogP) is 1.91. The fraction of sp³-hybridized carbons (Fsp3) is 0.667. The van der Waals surface area contributed by atoms with E-state index in [4.69, 9.17) is 14.6 Å². The third kappa shape index (κ3) is 3.53. The Hall–Kier alpha value is -1.14. The van der Waals surface area contributed by atoms with Crippen LogP contribution in [-0.4, -0.2) is 59.7 Å². The van der Waals surface area contributed by atoms with Gasteiger partial charge >= 0.3 is 0 Å². The largest absolute Gasteiger partial charge is 0.508 e. The Labute approximate surface area is 137 Å². The number of phenolic OH excluding ortho intramolecular Hbond substituents is 1. The van der Waals surface area contributed by atoms with Gasteiger partial charge in [-0.1, -0.05) is 12.1 Å². The Bertz CT molecular complexity index is 523. The molecular weight excluding hydrogens is 294 g/mol. The van der Waals surface area contributed by atoms with Crippen LogP contribution >= 0.6 is 0 Å². The van der Waals surface area contributed by atoms with Gasteiger partial charge in [-0.15, -0.1) is 0 Å². The molecule has 1 aliphatic heterocycles. The van der Waals surface area contributed by atoms with Gasteiger partial charge in [0, 0.05) is 26.2 Å². The van der Waals surface area contributed by atoms with Crippen LogP contribution in [0.4, 0.5) is 0 Å². The fourth-order valence-electron chi connectivity index (χ4n) is 4.21. The summed E-state index contributed by atoms with van der Waals surface area (Å²) < 4.78 is 11.7. The number of phenols is 1. The molecule has 2 N–H and O–H groups in total. The van der Waals surface area contributed by atoms with E-state index in [0.29, 0.717) is 18.4 Å². The molecule has 5 nitrogen and oxygen atoms in total. The number of ether oxygens (including phenoxy) is 2. The van der Waals surface area contributed by atoms with Crippen molar-refractivity contribution in [2.45, 2.75) is 50.0 Å². The zero-order valence-corrected chi connectivity index (χ0v) is 13.8. The Kier molecular flexibility index (Phi) is 5.21. The predicted molar refractivity (Wildman–Crippen MR) is 87.3 cm³/mol. The molecule has 0 amide bonds. The monoisotopic (exact) mass is 321 g/mol. The lowest BCUT2D eigenvalue weighted by atomic mass is 9.79. The number of aliphatic hydroxyl groups is 1. The smallest absolute Gasteiger partial charge is 0.115 e. The summed E-state index contributed by atoms with van der Waals surface area (Å²) in [6.07, 6.45) is 4.16. The number of methoxy groups -OCH3 is 1. The number of benzene rings is 1. The van der Waals surface area contributed by atoms with Crippen molar-refractivity contribution in [2.75, 3.05) is 26.9 Å². The van der Waals surface area contributed by atoms with Crippen molar-refractivity contribution in [3.05, 3.63) is 29.8 Å². The molecular formula is C18H27NO4. The van der Waals surface area contributed by atoms with Crippen LogP contribution < -0.4 is 0 Å². The number of rotatable bonds is 6. The van der Waals surface area contributed by atoms with Crippen molar-refractivity contribution in [1.82, 2.24) is 4.90 Å². The minimum absolute atomic E-state index is 0.0730. The molecule has 2 aliphatic rings. The standard InChI is InChI=1S/C18H27NO4/c1-22-18-6-5-16(23-10-9-20)12-17(18)19(8-7-18)13-14-3-2-4-15(21)11-14/h2-4,11,16-17,20-21H,5-10,12-13H2,1H3/t16?,17?,18-/m1/s1. The van der Waals surface area contributed by atoms with Crippen LogP contribution in [0.15, 0.2) is 24.3 Å². The molecule has 128 valence electrons. The Morgan fingerprint density at radius 1 is 1.35 bits per heavy atom. The topological polar surface area (TPSA) is 62.2 Å². The number of likely N-dealkylation sites (tertiary alicyclic amines) is 1. The second kappa shape index (κ2) is 7.18. The lowest BCUT2D eigenvalue weighted by Gasteiger charge is -2.43. The van der Waals surface area contributed by atoms with Crippen molar-refractivity contribution in [3.63, 3.8) is 0 Å². The second-order valence-corrected chi connectivity index (χ2v) is 6.67. The summed E-state index contributed by atoms with van der Waals surface area (Å²) in [6, 6.07) is 7.79. The van der Waals surface area contributed by atoms with E-state index in [0.717, 1.165) is 44.3 Å². The van der Waals surface area contributed by atoms with E-state index in [-0.39, 0.29) is 18.3 Å². The zero-order valence-electron chi connectivity index (χ0n) is 13.8. The highest BCUT2D eigenvalue weighted by Crippen LogP contribution is 2.43. The summed E-state index contributed by atoms with van der Waals surface area (Å²) >= 11 is 0. The maximum atomic E-state index is 9.67. The molecule has 1 aromatic rings. The van der Waals surface area contributed by atoms with Gasteiger partial charge in [0.15, 0.2) is 0 Å². The summed E-state index contributed by atoms with van der Waals surface area (Å²) in [7, 11) is 1.82. The molecule has 2 fully saturated rings. The SMILES string of the molecule is CO[C@@]12CCC(OCCO)CC1N(Cc1cccc(O)c1)CC2. The lowest BCUT2D eigenvalue weighted by molar-refractivity contribution is -0.104. The zero-order chi connectivity index (χ0) is 16.3. The summed E-state index contributed by atoms with van der Waals surface area (Å²) in [5, 5.41) is 18.6. The number of fused-ring (bicyclic) bond motifs is 1. The number of aromatic hydroxyl groups is 1. The number of hydrogen-bond acceptors (Lipinski definition) is 5. The lowest BCUT2D eigenvalue weighted by Crippen LogP contribution is -2.51. The maximum Gasteiger partial charge on any atom is 0.115 e. The van der Waals surface area contributed by atoms with Gasteiger partial charge in [0.1, 0.15) is 5.75 Å². The van der Waals surface area contributed by atoms with E-state index in [1.54, 1.807) is 6.07 Å². The minimum atomic E-state index is -0.0735. The van der Waals surface area contributed by atoms with Gasteiger partial charge < -0.3 is 19.7 Å². The van der Waals surface area contributed by atoms with Crippen molar-refractivity contribution < 1.29 is 19.7 Å².